The van der Waals surface area contributed by atoms with Crippen molar-refractivity contribution in [3.63, 3.8) is 0 Å². The predicted molar refractivity (Wildman–Crippen MR) is 99.5 cm³/mol. The molecular formula is C20H24N2O4. The van der Waals surface area contributed by atoms with E-state index in [2.05, 4.69) is 24.1 Å². The summed E-state index contributed by atoms with van der Waals surface area (Å²) < 4.78 is 10.4. The summed E-state index contributed by atoms with van der Waals surface area (Å²) in [4.78, 5) is 28.4. The van der Waals surface area contributed by atoms with E-state index < -0.39 is 11.9 Å². The van der Waals surface area contributed by atoms with Crippen LogP contribution in [-0.2, 0) is 9.53 Å². The zero-order valence-electron chi connectivity index (χ0n) is 15.3. The summed E-state index contributed by atoms with van der Waals surface area (Å²) in [5.74, 6) is -0.524. The Labute approximate surface area is 153 Å². The third-order valence-corrected chi connectivity index (χ3v) is 3.98. The first-order valence-electron chi connectivity index (χ1n) is 8.70. The molecule has 1 atom stereocenters. The zero-order valence-corrected chi connectivity index (χ0v) is 15.3. The van der Waals surface area contributed by atoms with Gasteiger partial charge in [0.05, 0.1) is 6.61 Å². The summed E-state index contributed by atoms with van der Waals surface area (Å²) in [6.45, 7) is 5.99. The molecule has 0 saturated carbocycles. The normalized spacial score (nSPS) is 11.5. The fourth-order valence-electron chi connectivity index (χ4n) is 2.45. The molecule has 2 rings (SSSR count). The van der Waals surface area contributed by atoms with Crippen molar-refractivity contribution in [2.45, 2.75) is 33.1 Å². The zero-order chi connectivity index (χ0) is 18.9. The Morgan fingerprint density at radius 3 is 2.65 bits per heavy atom. The second-order valence-corrected chi connectivity index (χ2v) is 5.81. The largest absolute Gasteiger partial charge is 0.477 e. The number of pyridine rings is 1. The van der Waals surface area contributed by atoms with Crippen molar-refractivity contribution in [2.75, 3.05) is 18.5 Å². The molecule has 0 aliphatic rings. The van der Waals surface area contributed by atoms with E-state index in [4.69, 9.17) is 9.47 Å². The molecule has 0 saturated heterocycles. The molecule has 0 aliphatic heterocycles. The highest BCUT2D eigenvalue weighted by molar-refractivity contribution is 5.96. The number of rotatable bonds is 8. The van der Waals surface area contributed by atoms with Gasteiger partial charge in [-0.1, -0.05) is 32.0 Å². The molecule has 6 heteroatoms. The van der Waals surface area contributed by atoms with Gasteiger partial charge in [0.2, 0.25) is 5.88 Å². The molecule has 26 heavy (non-hydrogen) atoms. The maximum atomic E-state index is 12.2. The number of ether oxygens (including phenoxy) is 2. The lowest BCUT2D eigenvalue weighted by molar-refractivity contribution is -0.119. The lowest BCUT2D eigenvalue weighted by atomic mass is 9.97. The third-order valence-electron chi connectivity index (χ3n) is 3.98. The standard InChI is InChI=1S/C20H24N2O4/c1-4-14(3)15-9-6-7-11-17(15)22-18(23)13-26-20(24)16-10-8-12-21-19(16)25-5-2/h6-12,14H,4-5,13H2,1-3H3,(H,22,23)/t14-/m0/s1. The van der Waals surface area contributed by atoms with Gasteiger partial charge in [0.15, 0.2) is 6.61 Å². The van der Waals surface area contributed by atoms with Crippen LogP contribution in [0.3, 0.4) is 0 Å². The van der Waals surface area contributed by atoms with Gasteiger partial charge in [0, 0.05) is 11.9 Å². The van der Waals surface area contributed by atoms with E-state index >= 15 is 0 Å². The summed E-state index contributed by atoms with van der Waals surface area (Å²) in [5, 5.41) is 2.81. The van der Waals surface area contributed by atoms with Gasteiger partial charge in [-0.2, -0.15) is 0 Å². The van der Waals surface area contributed by atoms with Crippen LogP contribution in [-0.4, -0.2) is 30.1 Å². The minimum absolute atomic E-state index is 0.196. The Morgan fingerprint density at radius 2 is 1.92 bits per heavy atom. The molecule has 1 heterocycles. The smallest absolute Gasteiger partial charge is 0.344 e. The molecule has 0 spiro atoms. The van der Waals surface area contributed by atoms with E-state index in [0.717, 1.165) is 17.7 Å². The van der Waals surface area contributed by atoms with Crippen LogP contribution in [0.25, 0.3) is 0 Å². The average molecular weight is 356 g/mol. The molecule has 1 aromatic heterocycles. The summed E-state index contributed by atoms with van der Waals surface area (Å²) in [6, 6.07) is 10.8. The van der Waals surface area contributed by atoms with Gasteiger partial charge in [-0.15, -0.1) is 0 Å². The number of hydrogen-bond acceptors (Lipinski definition) is 5. The molecule has 0 bridgehead atoms. The third kappa shape index (κ3) is 5.05. The van der Waals surface area contributed by atoms with Crippen LogP contribution in [0.2, 0.25) is 0 Å². The van der Waals surface area contributed by atoms with Crippen molar-refractivity contribution in [1.82, 2.24) is 4.98 Å². The SMILES string of the molecule is CCOc1ncccc1C(=O)OCC(=O)Nc1ccccc1[C@@H](C)CC. The Balaban J connectivity index is 1.99. The molecule has 2 aromatic rings. The Hall–Kier alpha value is -2.89. The summed E-state index contributed by atoms with van der Waals surface area (Å²) in [7, 11) is 0. The fraction of sp³-hybridized carbons (Fsp3) is 0.350. The van der Waals surface area contributed by atoms with Crippen LogP contribution < -0.4 is 10.1 Å². The summed E-state index contributed by atoms with van der Waals surface area (Å²) >= 11 is 0. The molecule has 1 amide bonds. The first-order chi connectivity index (χ1) is 12.6. The van der Waals surface area contributed by atoms with Crippen molar-refractivity contribution in [3.05, 3.63) is 53.7 Å². The van der Waals surface area contributed by atoms with Gasteiger partial charge >= 0.3 is 5.97 Å². The first kappa shape index (κ1) is 19.4. The number of carbonyl (C=O) groups excluding carboxylic acids is 2. The van der Waals surface area contributed by atoms with Crippen molar-refractivity contribution in [3.8, 4) is 5.88 Å². The van der Waals surface area contributed by atoms with Crippen molar-refractivity contribution in [1.29, 1.82) is 0 Å². The second kappa shape index (κ2) is 9.56. The van der Waals surface area contributed by atoms with E-state index in [1.807, 2.05) is 24.3 Å². The lowest BCUT2D eigenvalue weighted by Gasteiger charge is -2.15. The molecule has 0 radical (unpaired) electrons. The van der Waals surface area contributed by atoms with Crippen LogP contribution in [0.4, 0.5) is 5.69 Å². The Morgan fingerprint density at radius 1 is 1.15 bits per heavy atom. The fourth-order valence-corrected chi connectivity index (χ4v) is 2.45. The lowest BCUT2D eigenvalue weighted by Crippen LogP contribution is -2.22. The number of anilines is 1. The van der Waals surface area contributed by atoms with E-state index in [1.165, 1.54) is 6.20 Å². The molecule has 138 valence electrons. The number of amides is 1. The van der Waals surface area contributed by atoms with Crippen molar-refractivity contribution >= 4 is 17.6 Å². The first-order valence-corrected chi connectivity index (χ1v) is 8.70. The molecule has 1 N–H and O–H groups in total. The van der Waals surface area contributed by atoms with Crippen LogP contribution in [0.15, 0.2) is 42.6 Å². The highest BCUT2D eigenvalue weighted by Gasteiger charge is 2.17. The minimum Gasteiger partial charge on any atom is -0.477 e. The van der Waals surface area contributed by atoms with Crippen molar-refractivity contribution < 1.29 is 19.1 Å². The van der Waals surface area contributed by atoms with E-state index in [0.29, 0.717) is 12.5 Å². The van der Waals surface area contributed by atoms with Crippen LogP contribution >= 0.6 is 0 Å². The predicted octanol–water partition coefficient (Wildman–Crippen LogP) is 3.79. The number of carbonyl (C=O) groups is 2. The maximum absolute atomic E-state index is 12.2. The van der Waals surface area contributed by atoms with E-state index in [9.17, 15) is 9.59 Å². The molecule has 6 nitrogen and oxygen atoms in total. The van der Waals surface area contributed by atoms with Crippen LogP contribution in [0.1, 0.15) is 49.0 Å². The highest BCUT2D eigenvalue weighted by atomic mass is 16.5. The molecule has 1 aromatic carbocycles. The van der Waals surface area contributed by atoms with Gasteiger partial charge in [0.25, 0.3) is 5.91 Å². The monoisotopic (exact) mass is 356 g/mol. The van der Waals surface area contributed by atoms with E-state index in [1.54, 1.807) is 19.1 Å². The summed E-state index contributed by atoms with van der Waals surface area (Å²) in [5.41, 5.74) is 1.99. The quantitative estimate of drug-likeness (QED) is 0.728. The molecule has 0 fully saturated rings. The van der Waals surface area contributed by atoms with Gasteiger partial charge in [-0.25, -0.2) is 9.78 Å². The minimum atomic E-state index is -0.646. The Bertz CT molecular complexity index is 761. The molecular weight excluding hydrogens is 332 g/mol. The van der Waals surface area contributed by atoms with Crippen LogP contribution in [0.5, 0.6) is 5.88 Å². The number of para-hydroxylation sites is 1. The van der Waals surface area contributed by atoms with Gasteiger partial charge in [-0.05, 0) is 43.0 Å². The summed E-state index contributed by atoms with van der Waals surface area (Å²) in [6.07, 6.45) is 2.49. The number of aromatic nitrogens is 1. The van der Waals surface area contributed by atoms with Gasteiger partial charge in [0.1, 0.15) is 5.56 Å². The number of hydrogen-bond donors (Lipinski definition) is 1. The van der Waals surface area contributed by atoms with Gasteiger partial charge < -0.3 is 14.8 Å². The number of nitrogens with one attached hydrogen (secondary N) is 1. The highest BCUT2D eigenvalue weighted by Crippen LogP contribution is 2.26. The number of nitrogens with zero attached hydrogens (tertiary/aromatic N) is 1. The van der Waals surface area contributed by atoms with Crippen molar-refractivity contribution in [2.24, 2.45) is 0 Å². The second-order valence-electron chi connectivity index (χ2n) is 5.81. The van der Waals surface area contributed by atoms with Gasteiger partial charge in [-0.3, -0.25) is 4.79 Å². The van der Waals surface area contributed by atoms with Crippen LogP contribution in [0, 0.1) is 0 Å². The maximum Gasteiger partial charge on any atom is 0.344 e. The van der Waals surface area contributed by atoms with E-state index in [-0.39, 0.29) is 18.1 Å². The average Bonchev–Trinajstić information content (AvgIpc) is 2.66. The molecule has 0 aliphatic carbocycles. The number of benzene rings is 1. The Kier molecular flexibility index (Phi) is 7.14. The molecule has 0 unspecified atom stereocenters. The number of esters is 1. The topological polar surface area (TPSA) is 77.5 Å².